The van der Waals surface area contributed by atoms with Gasteiger partial charge in [0.1, 0.15) is 0 Å². The van der Waals surface area contributed by atoms with Gasteiger partial charge in [-0.2, -0.15) is 0 Å². The number of Topliss-reactive ketones (excluding diaryl/α,β-unsaturated/α-hetero) is 1. The van der Waals surface area contributed by atoms with Crippen LogP contribution in [0.5, 0.6) is 0 Å². The third-order valence-electron chi connectivity index (χ3n) is 7.06. The molecule has 6 rings (SSSR count). The molecule has 0 radical (unpaired) electrons. The SMILES string of the molecule is CC(C)=c1cc2ccccc2c2c1=CC1CC(=O)C(=CO)C=C1c1cccc3cccc-2c13. The Morgan fingerprint density at radius 3 is 2.42 bits per heavy atom. The van der Waals surface area contributed by atoms with Crippen LogP contribution in [0, 0.1) is 5.92 Å². The molecule has 0 amide bonds. The fourth-order valence-electron chi connectivity index (χ4n) is 5.55. The van der Waals surface area contributed by atoms with Crippen LogP contribution >= 0.6 is 0 Å². The average Bonchev–Trinajstić information content (AvgIpc) is 2.82. The molecule has 160 valence electrons. The molecule has 0 fully saturated rings. The Kier molecular flexibility index (Phi) is 4.38. The van der Waals surface area contributed by atoms with E-state index in [9.17, 15) is 9.90 Å². The molecular weight excluding hydrogens is 404 g/mol. The van der Waals surface area contributed by atoms with Crippen LogP contribution in [-0.2, 0) is 4.79 Å². The minimum atomic E-state index is -0.0573. The van der Waals surface area contributed by atoms with Crippen LogP contribution in [0.1, 0.15) is 25.8 Å². The fourth-order valence-corrected chi connectivity index (χ4v) is 5.55. The van der Waals surface area contributed by atoms with Crippen molar-refractivity contribution in [2.75, 3.05) is 0 Å². The first-order valence-corrected chi connectivity index (χ1v) is 11.4. The second-order valence-electron chi connectivity index (χ2n) is 9.23. The second-order valence-corrected chi connectivity index (χ2v) is 9.23. The number of rotatable bonds is 0. The number of aliphatic hydroxyl groups excluding tert-OH is 1. The quantitative estimate of drug-likeness (QED) is 0.273. The van der Waals surface area contributed by atoms with E-state index in [-0.39, 0.29) is 11.7 Å². The van der Waals surface area contributed by atoms with Gasteiger partial charge < -0.3 is 5.11 Å². The lowest BCUT2D eigenvalue weighted by atomic mass is 9.76. The summed E-state index contributed by atoms with van der Waals surface area (Å²) in [6.45, 7) is 4.31. The zero-order valence-corrected chi connectivity index (χ0v) is 18.7. The van der Waals surface area contributed by atoms with Gasteiger partial charge in [0.25, 0.3) is 0 Å². The van der Waals surface area contributed by atoms with Crippen molar-refractivity contribution < 1.29 is 9.90 Å². The molecule has 2 nitrogen and oxygen atoms in total. The Bertz CT molecular complexity index is 1670. The van der Waals surface area contributed by atoms with Crippen molar-refractivity contribution in [2.24, 2.45) is 5.92 Å². The van der Waals surface area contributed by atoms with Crippen LogP contribution in [0.25, 0.3) is 49.9 Å². The molecule has 2 aliphatic rings. The molecule has 1 N–H and O–H groups in total. The third kappa shape index (κ3) is 2.91. The average molecular weight is 429 g/mol. The van der Waals surface area contributed by atoms with Crippen LogP contribution in [0.4, 0.5) is 0 Å². The van der Waals surface area contributed by atoms with Crippen molar-refractivity contribution in [3.63, 3.8) is 0 Å². The van der Waals surface area contributed by atoms with E-state index < -0.39 is 0 Å². The van der Waals surface area contributed by atoms with E-state index in [4.69, 9.17) is 0 Å². The molecule has 2 heteroatoms. The number of carbonyl (C=O) groups excluding carboxylic acids is 1. The highest BCUT2D eigenvalue weighted by Crippen LogP contribution is 2.42. The smallest absolute Gasteiger partial charge is 0.166 e. The first-order chi connectivity index (χ1) is 16.1. The van der Waals surface area contributed by atoms with Crippen LogP contribution in [-0.4, -0.2) is 10.9 Å². The van der Waals surface area contributed by atoms with E-state index in [0.29, 0.717) is 12.0 Å². The van der Waals surface area contributed by atoms with E-state index in [1.54, 1.807) is 0 Å². The molecular formula is C31H24O2. The minimum Gasteiger partial charge on any atom is -0.515 e. The third-order valence-corrected chi connectivity index (χ3v) is 7.06. The Hall–Kier alpha value is -3.91. The number of benzene rings is 4. The highest BCUT2D eigenvalue weighted by molar-refractivity contribution is 6.13. The van der Waals surface area contributed by atoms with Crippen molar-refractivity contribution >= 4 is 44.6 Å². The summed E-state index contributed by atoms with van der Waals surface area (Å²) in [7, 11) is 0. The summed E-state index contributed by atoms with van der Waals surface area (Å²) >= 11 is 0. The summed E-state index contributed by atoms with van der Waals surface area (Å²) in [6.07, 6.45) is 5.47. The van der Waals surface area contributed by atoms with E-state index in [2.05, 4.69) is 86.7 Å². The molecule has 2 aliphatic carbocycles. The molecule has 0 bridgehead atoms. The van der Waals surface area contributed by atoms with E-state index in [0.717, 1.165) is 17.4 Å². The second kappa shape index (κ2) is 7.31. The zero-order chi connectivity index (χ0) is 22.7. The molecule has 0 aromatic heterocycles. The summed E-state index contributed by atoms with van der Waals surface area (Å²) in [5, 5.41) is 16.9. The molecule has 0 heterocycles. The van der Waals surface area contributed by atoms with Crippen molar-refractivity contribution in [1.29, 1.82) is 0 Å². The van der Waals surface area contributed by atoms with Crippen LogP contribution in [0.2, 0.25) is 0 Å². The number of aliphatic hydroxyl groups is 1. The molecule has 1 unspecified atom stereocenters. The summed E-state index contributed by atoms with van der Waals surface area (Å²) in [6, 6.07) is 23.8. The predicted molar refractivity (Wildman–Crippen MR) is 137 cm³/mol. The van der Waals surface area contributed by atoms with Crippen molar-refractivity contribution in [2.45, 2.75) is 20.3 Å². The number of hydrogen-bond donors (Lipinski definition) is 1. The monoisotopic (exact) mass is 428 g/mol. The fraction of sp³-hybridized carbons (Fsp3) is 0.129. The van der Waals surface area contributed by atoms with Crippen LogP contribution in [0.3, 0.4) is 0 Å². The number of ketones is 1. The molecule has 1 atom stereocenters. The van der Waals surface area contributed by atoms with E-state index in [1.807, 2.05) is 6.08 Å². The van der Waals surface area contributed by atoms with Crippen LogP contribution < -0.4 is 10.4 Å². The Morgan fingerprint density at radius 1 is 0.939 bits per heavy atom. The Morgan fingerprint density at radius 2 is 1.67 bits per heavy atom. The van der Waals surface area contributed by atoms with Gasteiger partial charge in [0, 0.05) is 12.3 Å². The van der Waals surface area contributed by atoms with Gasteiger partial charge in [-0.05, 0) is 80.2 Å². The largest absolute Gasteiger partial charge is 0.515 e. The number of fused-ring (bicyclic) bond motifs is 6. The van der Waals surface area contributed by atoms with Crippen molar-refractivity contribution in [1.82, 2.24) is 0 Å². The highest BCUT2D eigenvalue weighted by atomic mass is 16.2. The normalized spacial score (nSPS) is 18.2. The van der Waals surface area contributed by atoms with Gasteiger partial charge >= 0.3 is 0 Å². The number of carbonyl (C=O) groups is 1. The maximum atomic E-state index is 12.8. The van der Waals surface area contributed by atoms with Crippen molar-refractivity contribution in [3.05, 3.63) is 101 Å². The summed E-state index contributed by atoms with van der Waals surface area (Å²) in [5.74, 6) is -0.0807. The first-order valence-electron chi connectivity index (χ1n) is 11.4. The minimum absolute atomic E-state index is 0.0235. The zero-order valence-electron chi connectivity index (χ0n) is 18.7. The Balaban J connectivity index is 1.93. The maximum Gasteiger partial charge on any atom is 0.166 e. The summed E-state index contributed by atoms with van der Waals surface area (Å²) < 4.78 is 0. The van der Waals surface area contributed by atoms with Gasteiger partial charge in [0.2, 0.25) is 0 Å². The maximum absolute atomic E-state index is 12.8. The first kappa shape index (κ1) is 19.8. The molecule has 0 aliphatic heterocycles. The number of allylic oxidation sites excluding steroid dienone is 3. The van der Waals surface area contributed by atoms with Gasteiger partial charge in [0.05, 0.1) is 11.8 Å². The van der Waals surface area contributed by atoms with Crippen molar-refractivity contribution in [3.8, 4) is 11.1 Å². The molecule has 4 aromatic carbocycles. The topological polar surface area (TPSA) is 37.3 Å². The molecule has 0 saturated carbocycles. The molecule has 4 aromatic rings. The van der Waals surface area contributed by atoms with E-state index >= 15 is 0 Å². The Labute approximate surface area is 192 Å². The summed E-state index contributed by atoms with van der Waals surface area (Å²) in [5.41, 5.74) is 6.29. The molecule has 0 saturated heterocycles. The highest BCUT2D eigenvalue weighted by Gasteiger charge is 2.29. The predicted octanol–water partition coefficient (Wildman–Crippen LogP) is 6.06. The van der Waals surface area contributed by atoms with Gasteiger partial charge in [-0.15, -0.1) is 0 Å². The number of hydrogen-bond acceptors (Lipinski definition) is 2. The molecule has 33 heavy (non-hydrogen) atoms. The van der Waals surface area contributed by atoms with E-state index in [1.165, 1.54) is 48.7 Å². The van der Waals surface area contributed by atoms with Gasteiger partial charge in [-0.3, -0.25) is 4.79 Å². The van der Waals surface area contributed by atoms with Gasteiger partial charge in [-0.25, -0.2) is 0 Å². The van der Waals surface area contributed by atoms with Gasteiger partial charge in [0.15, 0.2) is 5.78 Å². The van der Waals surface area contributed by atoms with Gasteiger partial charge in [-0.1, -0.05) is 72.3 Å². The summed E-state index contributed by atoms with van der Waals surface area (Å²) in [4.78, 5) is 12.8. The lowest BCUT2D eigenvalue weighted by molar-refractivity contribution is -0.115. The standard InChI is InChI=1S/C31H24O2/c1-18(2)26-13-20-7-3-4-10-23(20)31-25-12-6-9-19-8-5-11-24(30(19)25)27-15-22(17-32)29(33)16-21(27)14-28(26)31/h3-15,17,21,32H,16H2,1-2H3. The lowest BCUT2D eigenvalue weighted by Gasteiger charge is -2.27. The lowest BCUT2D eigenvalue weighted by Crippen LogP contribution is -2.31. The molecule has 0 spiro atoms. The van der Waals surface area contributed by atoms with Crippen LogP contribution in [0.15, 0.2) is 84.6 Å².